The molecule has 1 unspecified atom stereocenters. The third-order valence-electron chi connectivity index (χ3n) is 2.58. The molecule has 1 N–H and O–H groups in total. The van der Waals surface area contributed by atoms with E-state index in [1.807, 2.05) is 10.9 Å². The van der Waals surface area contributed by atoms with Gasteiger partial charge in [0.1, 0.15) is 0 Å². The van der Waals surface area contributed by atoms with Crippen LogP contribution in [-0.2, 0) is 6.54 Å². The van der Waals surface area contributed by atoms with Gasteiger partial charge >= 0.3 is 0 Å². The Morgan fingerprint density at radius 2 is 2.64 bits per heavy atom. The first kappa shape index (κ1) is 9.90. The summed E-state index contributed by atoms with van der Waals surface area (Å²) in [5, 5.41) is 7.67. The van der Waals surface area contributed by atoms with Crippen molar-refractivity contribution in [2.24, 2.45) is 5.92 Å². The lowest BCUT2D eigenvalue weighted by atomic mass is 10.1. The van der Waals surface area contributed by atoms with Crippen LogP contribution < -0.4 is 5.32 Å². The fourth-order valence-electron chi connectivity index (χ4n) is 1.63. The Bertz CT molecular complexity index is 279. The van der Waals surface area contributed by atoms with Gasteiger partial charge in [-0.2, -0.15) is 16.9 Å². The lowest BCUT2D eigenvalue weighted by Crippen LogP contribution is -2.12. The highest BCUT2D eigenvalue weighted by Gasteiger charge is 2.14. The van der Waals surface area contributed by atoms with Gasteiger partial charge in [0.15, 0.2) is 0 Å². The van der Waals surface area contributed by atoms with E-state index in [1.165, 1.54) is 17.9 Å². The third kappa shape index (κ3) is 2.44. The van der Waals surface area contributed by atoms with Crippen molar-refractivity contribution in [3.63, 3.8) is 0 Å². The van der Waals surface area contributed by atoms with Crippen LogP contribution in [0.4, 0.5) is 5.69 Å². The lowest BCUT2D eigenvalue weighted by molar-refractivity contribution is 0.631. The maximum Gasteiger partial charge on any atom is 0.0726 e. The molecule has 1 aliphatic heterocycles. The molecule has 0 aliphatic carbocycles. The average molecular weight is 211 g/mol. The summed E-state index contributed by atoms with van der Waals surface area (Å²) in [4.78, 5) is 0. The van der Waals surface area contributed by atoms with Crippen molar-refractivity contribution in [3.8, 4) is 0 Å². The number of hydrogen-bond acceptors (Lipinski definition) is 3. The number of thioether (sulfide) groups is 1. The highest BCUT2D eigenvalue weighted by atomic mass is 32.2. The normalized spacial score (nSPS) is 21.4. The maximum atomic E-state index is 4.23. The molecule has 0 bridgehead atoms. The Hall–Kier alpha value is -0.640. The molecule has 2 rings (SSSR count). The van der Waals surface area contributed by atoms with E-state index in [2.05, 4.69) is 35.3 Å². The molecule has 14 heavy (non-hydrogen) atoms. The number of hydrogen-bond donors (Lipinski definition) is 1. The van der Waals surface area contributed by atoms with E-state index >= 15 is 0 Å². The fourth-order valence-corrected chi connectivity index (χ4v) is 2.92. The topological polar surface area (TPSA) is 29.9 Å². The number of rotatable bonds is 4. The van der Waals surface area contributed by atoms with Crippen LogP contribution in [0.15, 0.2) is 12.4 Å². The lowest BCUT2D eigenvalue weighted by Gasteiger charge is -2.08. The SMILES string of the molecule is CCn1cc(NCC2CCSC2)cn1. The largest absolute Gasteiger partial charge is 0.382 e. The third-order valence-corrected chi connectivity index (χ3v) is 3.81. The monoisotopic (exact) mass is 211 g/mol. The zero-order valence-electron chi connectivity index (χ0n) is 8.57. The van der Waals surface area contributed by atoms with Crippen LogP contribution in [-0.4, -0.2) is 27.8 Å². The Morgan fingerprint density at radius 3 is 3.29 bits per heavy atom. The van der Waals surface area contributed by atoms with Gasteiger partial charge in [-0.25, -0.2) is 0 Å². The van der Waals surface area contributed by atoms with Gasteiger partial charge in [-0.3, -0.25) is 4.68 Å². The molecule has 0 aromatic carbocycles. The minimum atomic E-state index is 0.852. The molecule has 3 nitrogen and oxygen atoms in total. The van der Waals surface area contributed by atoms with Crippen molar-refractivity contribution in [2.45, 2.75) is 19.9 Å². The molecule has 1 saturated heterocycles. The van der Waals surface area contributed by atoms with Crippen LogP contribution in [0.25, 0.3) is 0 Å². The number of nitrogens with one attached hydrogen (secondary N) is 1. The van der Waals surface area contributed by atoms with E-state index in [4.69, 9.17) is 0 Å². The van der Waals surface area contributed by atoms with Crippen molar-refractivity contribution in [1.82, 2.24) is 9.78 Å². The standard InChI is InChI=1S/C10H17N3S/c1-2-13-7-10(6-12-13)11-5-9-3-4-14-8-9/h6-7,9,11H,2-5,8H2,1H3. The zero-order chi connectivity index (χ0) is 9.80. The zero-order valence-corrected chi connectivity index (χ0v) is 9.39. The van der Waals surface area contributed by atoms with E-state index in [1.54, 1.807) is 0 Å². The molecule has 1 fully saturated rings. The summed E-state index contributed by atoms with van der Waals surface area (Å²) in [5.41, 5.74) is 1.16. The smallest absolute Gasteiger partial charge is 0.0726 e. The molecular weight excluding hydrogens is 194 g/mol. The first-order chi connectivity index (χ1) is 6.88. The van der Waals surface area contributed by atoms with Crippen molar-refractivity contribution in [3.05, 3.63) is 12.4 Å². The van der Waals surface area contributed by atoms with Crippen LogP contribution >= 0.6 is 11.8 Å². The molecule has 1 aromatic rings. The van der Waals surface area contributed by atoms with E-state index in [9.17, 15) is 0 Å². The summed E-state index contributed by atoms with van der Waals surface area (Å²) in [6.07, 6.45) is 5.34. The van der Waals surface area contributed by atoms with Crippen LogP contribution in [0, 0.1) is 5.92 Å². The second-order valence-electron chi connectivity index (χ2n) is 3.70. The number of nitrogens with zero attached hydrogens (tertiary/aromatic N) is 2. The van der Waals surface area contributed by atoms with Crippen LogP contribution in [0.1, 0.15) is 13.3 Å². The molecule has 4 heteroatoms. The molecule has 1 aromatic heterocycles. The van der Waals surface area contributed by atoms with E-state index in [-0.39, 0.29) is 0 Å². The predicted octanol–water partition coefficient (Wildman–Crippen LogP) is 2.07. The van der Waals surface area contributed by atoms with E-state index < -0.39 is 0 Å². The molecule has 1 atom stereocenters. The Labute approximate surface area is 89.3 Å². The highest BCUT2D eigenvalue weighted by molar-refractivity contribution is 7.99. The first-order valence-electron chi connectivity index (χ1n) is 5.22. The predicted molar refractivity (Wildman–Crippen MR) is 61.8 cm³/mol. The molecule has 1 aliphatic rings. The van der Waals surface area contributed by atoms with Crippen molar-refractivity contribution >= 4 is 17.4 Å². The molecule has 0 spiro atoms. The summed E-state index contributed by atoms with van der Waals surface area (Å²) >= 11 is 2.07. The van der Waals surface area contributed by atoms with E-state index in [0.717, 1.165) is 24.7 Å². The van der Waals surface area contributed by atoms with Gasteiger partial charge in [-0.1, -0.05) is 0 Å². The van der Waals surface area contributed by atoms with Crippen molar-refractivity contribution in [2.75, 3.05) is 23.4 Å². The van der Waals surface area contributed by atoms with Crippen LogP contribution in [0.3, 0.4) is 0 Å². The Kier molecular flexibility index (Phi) is 3.35. The van der Waals surface area contributed by atoms with Gasteiger partial charge in [0, 0.05) is 19.3 Å². The fraction of sp³-hybridized carbons (Fsp3) is 0.700. The second kappa shape index (κ2) is 4.73. The highest BCUT2D eigenvalue weighted by Crippen LogP contribution is 2.23. The minimum Gasteiger partial charge on any atom is -0.382 e. The summed E-state index contributed by atoms with van der Waals surface area (Å²) < 4.78 is 1.95. The van der Waals surface area contributed by atoms with Gasteiger partial charge in [0.05, 0.1) is 11.9 Å². The van der Waals surface area contributed by atoms with Crippen LogP contribution in [0.2, 0.25) is 0 Å². The number of anilines is 1. The summed E-state index contributed by atoms with van der Waals surface area (Å²) in [6.45, 7) is 4.15. The van der Waals surface area contributed by atoms with Crippen molar-refractivity contribution < 1.29 is 0 Å². The molecule has 0 saturated carbocycles. The molecule has 78 valence electrons. The Morgan fingerprint density at radius 1 is 1.71 bits per heavy atom. The van der Waals surface area contributed by atoms with Gasteiger partial charge < -0.3 is 5.32 Å². The second-order valence-corrected chi connectivity index (χ2v) is 4.85. The quantitative estimate of drug-likeness (QED) is 0.827. The maximum absolute atomic E-state index is 4.23. The number of aromatic nitrogens is 2. The summed E-state index contributed by atoms with van der Waals surface area (Å²) in [5.74, 6) is 3.50. The number of aryl methyl sites for hydroxylation is 1. The van der Waals surface area contributed by atoms with Gasteiger partial charge in [-0.15, -0.1) is 0 Å². The van der Waals surface area contributed by atoms with Crippen LogP contribution in [0.5, 0.6) is 0 Å². The van der Waals surface area contributed by atoms with Gasteiger partial charge in [0.25, 0.3) is 0 Å². The molecule has 0 radical (unpaired) electrons. The minimum absolute atomic E-state index is 0.852. The summed E-state index contributed by atoms with van der Waals surface area (Å²) in [6, 6.07) is 0. The first-order valence-corrected chi connectivity index (χ1v) is 6.38. The molecular formula is C10H17N3S. The molecule has 2 heterocycles. The van der Waals surface area contributed by atoms with Gasteiger partial charge in [-0.05, 0) is 30.8 Å². The van der Waals surface area contributed by atoms with E-state index in [0.29, 0.717) is 0 Å². The Balaban J connectivity index is 1.79. The summed E-state index contributed by atoms with van der Waals surface area (Å²) in [7, 11) is 0. The van der Waals surface area contributed by atoms with Gasteiger partial charge in [0.2, 0.25) is 0 Å². The average Bonchev–Trinajstić information content (AvgIpc) is 2.86. The van der Waals surface area contributed by atoms with Crippen molar-refractivity contribution in [1.29, 1.82) is 0 Å². The molecule has 0 amide bonds.